The van der Waals surface area contributed by atoms with E-state index in [2.05, 4.69) is 9.68 Å². The Morgan fingerprint density at radius 2 is 2.17 bits per heavy atom. The van der Waals surface area contributed by atoms with Gasteiger partial charge in [-0.05, 0) is 19.3 Å². The van der Waals surface area contributed by atoms with E-state index in [9.17, 15) is 18.0 Å². The number of nitrogens with zero attached hydrogens (tertiary/aromatic N) is 1. The summed E-state index contributed by atoms with van der Waals surface area (Å²) in [6, 6.07) is 0. The molecule has 0 aromatic carbocycles. The van der Waals surface area contributed by atoms with E-state index < -0.39 is 24.0 Å². The lowest BCUT2D eigenvalue weighted by Crippen LogP contribution is -2.28. The summed E-state index contributed by atoms with van der Waals surface area (Å²) in [7, 11) is 0. The largest absolute Gasteiger partial charge is 0.478 e. The van der Waals surface area contributed by atoms with Crippen molar-refractivity contribution in [2.45, 2.75) is 37.8 Å². The number of aromatic nitrogens is 1. The first kappa shape index (κ1) is 12.9. The van der Waals surface area contributed by atoms with Crippen LogP contribution < -0.4 is 0 Å². The molecule has 7 heteroatoms. The topological polar surface area (TPSA) is 63.3 Å². The molecule has 0 spiro atoms. The van der Waals surface area contributed by atoms with E-state index in [1.807, 2.05) is 0 Å². The first-order chi connectivity index (χ1) is 8.39. The highest BCUT2D eigenvalue weighted by molar-refractivity contribution is 5.88. The standard InChI is InChI=1S/C11H12F3NO3/c12-11(13,14)7-3-1-2-6(4-7)9-8(10(16)17)5-18-15-9/h5-7H,1-4H2,(H,16,17). The Labute approximate surface area is 101 Å². The van der Waals surface area contributed by atoms with E-state index >= 15 is 0 Å². The Bertz CT molecular complexity index is 441. The molecule has 0 radical (unpaired) electrons. The highest BCUT2D eigenvalue weighted by Gasteiger charge is 2.43. The van der Waals surface area contributed by atoms with Crippen molar-refractivity contribution in [2.24, 2.45) is 5.92 Å². The predicted octanol–water partition coefficient (Wildman–Crippen LogP) is 3.21. The number of halogens is 3. The van der Waals surface area contributed by atoms with E-state index in [1.54, 1.807) is 0 Å². The minimum Gasteiger partial charge on any atom is -0.478 e. The Morgan fingerprint density at radius 1 is 1.44 bits per heavy atom. The summed E-state index contributed by atoms with van der Waals surface area (Å²) in [5.41, 5.74) is -0.000672. The maximum absolute atomic E-state index is 12.7. The van der Waals surface area contributed by atoms with Gasteiger partial charge in [0.1, 0.15) is 17.5 Å². The van der Waals surface area contributed by atoms with Gasteiger partial charge in [0.15, 0.2) is 0 Å². The molecule has 0 aliphatic heterocycles. The van der Waals surface area contributed by atoms with E-state index in [1.165, 1.54) is 0 Å². The van der Waals surface area contributed by atoms with Crippen LogP contribution in [0, 0.1) is 5.92 Å². The molecule has 1 aromatic heterocycles. The summed E-state index contributed by atoms with van der Waals surface area (Å²) >= 11 is 0. The van der Waals surface area contributed by atoms with Crippen molar-refractivity contribution in [1.82, 2.24) is 5.16 Å². The van der Waals surface area contributed by atoms with E-state index in [-0.39, 0.29) is 24.1 Å². The van der Waals surface area contributed by atoms with Gasteiger partial charge in [-0.3, -0.25) is 0 Å². The number of carbonyl (C=O) groups is 1. The number of hydrogen-bond acceptors (Lipinski definition) is 3. The van der Waals surface area contributed by atoms with E-state index in [0.29, 0.717) is 12.8 Å². The van der Waals surface area contributed by atoms with Crippen LogP contribution in [-0.2, 0) is 0 Å². The molecule has 2 unspecified atom stereocenters. The minimum atomic E-state index is -4.23. The third-order valence-corrected chi connectivity index (χ3v) is 3.35. The lowest BCUT2D eigenvalue weighted by molar-refractivity contribution is -0.183. The third-order valence-electron chi connectivity index (χ3n) is 3.35. The van der Waals surface area contributed by atoms with Crippen molar-refractivity contribution in [1.29, 1.82) is 0 Å². The van der Waals surface area contributed by atoms with Crippen LogP contribution >= 0.6 is 0 Å². The Balaban J connectivity index is 2.18. The monoisotopic (exact) mass is 263 g/mol. The normalized spacial score (nSPS) is 25.1. The van der Waals surface area contributed by atoms with Crippen molar-refractivity contribution in [3.05, 3.63) is 17.5 Å². The summed E-state index contributed by atoms with van der Waals surface area (Å²) in [6.07, 6.45) is -2.35. The molecule has 1 N–H and O–H groups in total. The highest BCUT2D eigenvalue weighted by Crippen LogP contribution is 2.43. The van der Waals surface area contributed by atoms with Gasteiger partial charge in [-0.2, -0.15) is 13.2 Å². The molecule has 1 heterocycles. The number of rotatable bonds is 2. The Kier molecular flexibility index (Phi) is 3.32. The fourth-order valence-electron chi connectivity index (χ4n) is 2.44. The number of aromatic carboxylic acids is 1. The molecule has 0 amide bonds. The van der Waals surface area contributed by atoms with Gasteiger partial charge < -0.3 is 9.63 Å². The zero-order valence-electron chi connectivity index (χ0n) is 9.41. The lowest BCUT2D eigenvalue weighted by Gasteiger charge is -2.29. The van der Waals surface area contributed by atoms with Crippen LogP contribution in [0.3, 0.4) is 0 Å². The maximum Gasteiger partial charge on any atom is 0.391 e. The molecule has 1 fully saturated rings. The van der Waals surface area contributed by atoms with E-state index in [4.69, 9.17) is 5.11 Å². The summed E-state index contributed by atoms with van der Waals surface area (Å²) in [4.78, 5) is 10.9. The predicted molar refractivity (Wildman–Crippen MR) is 54.2 cm³/mol. The molecule has 2 atom stereocenters. The smallest absolute Gasteiger partial charge is 0.391 e. The summed E-state index contributed by atoms with van der Waals surface area (Å²) in [5, 5.41) is 12.4. The molecule has 0 saturated heterocycles. The van der Waals surface area contributed by atoms with Crippen molar-refractivity contribution in [3.63, 3.8) is 0 Å². The SMILES string of the molecule is O=C(O)c1conc1C1CCCC(C(F)(F)F)C1. The molecule has 18 heavy (non-hydrogen) atoms. The van der Waals surface area contributed by atoms with Crippen LogP contribution in [0.2, 0.25) is 0 Å². The van der Waals surface area contributed by atoms with Gasteiger partial charge >= 0.3 is 12.1 Å². The van der Waals surface area contributed by atoms with Crippen molar-refractivity contribution < 1.29 is 27.6 Å². The van der Waals surface area contributed by atoms with Crippen LogP contribution in [0.1, 0.15) is 47.7 Å². The molecular formula is C11H12F3NO3. The van der Waals surface area contributed by atoms with Crippen LogP contribution in [0.15, 0.2) is 10.8 Å². The van der Waals surface area contributed by atoms with Gasteiger partial charge in [-0.25, -0.2) is 4.79 Å². The zero-order valence-corrected chi connectivity index (χ0v) is 9.41. The molecular weight excluding hydrogens is 251 g/mol. The average Bonchev–Trinajstić information content (AvgIpc) is 2.77. The second-order valence-electron chi connectivity index (χ2n) is 4.52. The fourth-order valence-corrected chi connectivity index (χ4v) is 2.44. The molecule has 4 nitrogen and oxygen atoms in total. The Morgan fingerprint density at radius 3 is 2.78 bits per heavy atom. The van der Waals surface area contributed by atoms with Gasteiger partial charge in [0.2, 0.25) is 0 Å². The van der Waals surface area contributed by atoms with Crippen LogP contribution in [0.25, 0.3) is 0 Å². The minimum absolute atomic E-state index is 0.0975. The quantitative estimate of drug-likeness (QED) is 0.889. The molecule has 2 rings (SSSR count). The first-order valence-electron chi connectivity index (χ1n) is 5.64. The fraction of sp³-hybridized carbons (Fsp3) is 0.636. The van der Waals surface area contributed by atoms with Crippen molar-refractivity contribution in [3.8, 4) is 0 Å². The lowest BCUT2D eigenvalue weighted by atomic mass is 9.78. The number of alkyl halides is 3. The van der Waals surface area contributed by atoms with E-state index in [0.717, 1.165) is 6.26 Å². The third kappa shape index (κ3) is 2.49. The first-order valence-corrected chi connectivity index (χ1v) is 5.64. The zero-order chi connectivity index (χ0) is 13.3. The molecule has 1 saturated carbocycles. The van der Waals surface area contributed by atoms with Crippen LogP contribution in [0.5, 0.6) is 0 Å². The van der Waals surface area contributed by atoms with Crippen LogP contribution in [0.4, 0.5) is 13.2 Å². The average molecular weight is 263 g/mol. The number of carboxylic acids is 1. The molecule has 1 aliphatic rings. The van der Waals surface area contributed by atoms with Crippen molar-refractivity contribution in [2.75, 3.05) is 0 Å². The van der Waals surface area contributed by atoms with Gasteiger partial charge in [-0.1, -0.05) is 11.6 Å². The second-order valence-corrected chi connectivity index (χ2v) is 4.52. The number of carboxylic acid groups (broad SMARTS) is 1. The summed E-state index contributed by atoms with van der Waals surface area (Å²) in [5.74, 6) is -3.09. The van der Waals surface area contributed by atoms with Gasteiger partial charge in [0.05, 0.1) is 5.92 Å². The molecule has 100 valence electrons. The molecule has 1 aromatic rings. The van der Waals surface area contributed by atoms with Gasteiger partial charge in [0.25, 0.3) is 0 Å². The summed E-state index contributed by atoms with van der Waals surface area (Å²) in [6.45, 7) is 0. The Hall–Kier alpha value is -1.53. The molecule has 1 aliphatic carbocycles. The highest BCUT2D eigenvalue weighted by atomic mass is 19.4. The summed E-state index contributed by atoms with van der Waals surface area (Å²) < 4.78 is 42.5. The van der Waals surface area contributed by atoms with Crippen molar-refractivity contribution >= 4 is 5.97 Å². The second kappa shape index (κ2) is 4.62. The van der Waals surface area contributed by atoms with Crippen LogP contribution in [-0.4, -0.2) is 22.4 Å². The van der Waals surface area contributed by atoms with Gasteiger partial charge in [0, 0.05) is 5.92 Å². The number of hydrogen-bond donors (Lipinski definition) is 1. The maximum atomic E-state index is 12.7. The van der Waals surface area contributed by atoms with Gasteiger partial charge in [-0.15, -0.1) is 0 Å². The molecule has 0 bridgehead atoms.